The van der Waals surface area contributed by atoms with Gasteiger partial charge in [-0.25, -0.2) is 0 Å². The third-order valence-corrected chi connectivity index (χ3v) is 2.27. The van der Waals surface area contributed by atoms with Crippen molar-refractivity contribution in [2.24, 2.45) is 5.73 Å². The van der Waals surface area contributed by atoms with Gasteiger partial charge in [0.2, 0.25) is 0 Å². The number of rotatable bonds is 4. The molecule has 0 saturated heterocycles. The lowest BCUT2D eigenvalue weighted by molar-refractivity contribution is 0.477. The van der Waals surface area contributed by atoms with Gasteiger partial charge in [-0.2, -0.15) is 5.10 Å². The maximum atomic E-state index is 9.73. The van der Waals surface area contributed by atoms with Crippen molar-refractivity contribution >= 4 is 5.69 Å². The summed E-state index contributed by atoms with van der Waals surface area (Å²) in [7, 11) is 0. The van der Waals surface area contributed by atoms with Crippen LogP contribution in [-0.2, 0) is 0 Å². The Morgan fingerprint density at radius 2 is 2.19 bits per heavy atom. The van der Waals surface area contributed by atoms with Gasteiger partial charge in [-0.15, -0.1) is 0 Å². The molecule has 0 radical (unpaired) electrons. The summed E-state index contributed by atoms with van der Waals surface area (Å²) < 4.78 is 0. The third kappa shape index (κ3) is 1.99. The van der Waals surface area contributed by atoms with E-state index >= 15 is 0 Å². The molecule has 0 saturated carbocycles. The topological polar surface area (TPSA) is 87.0 Å². The molecule has 5 heteroatoms. The Kier molecular flexibility index (Phi) is 3.07. The van der Waals surface area contributed by atoms with Crippen LogP contribution in [-0.4, -0.2) is 28.4 Å². The Hall–Kier alpha value is -2.01. The highest BCUT2D eigenvalue weighted by molar-refractivity contribution is 5.77. The molecule has 0 amide bonds. The number of benzene rings is 1. The molecular weight excluding hydrogens is 204 g/mol. The fraction of sp³-hybridized carbons (Fsp3) is 0.182. The predicted octanol–water partition coefficient (Wildman–Crippen LogP) is 1.15. The number of hydrogen-bond acceptors (Lipinski definition) is 4. The van der Waals surface area contributed by atoms with Gasteiger partial charge < -0.3 is 16.2 Å². The third-order valence-electron chi connectivity index (χ3n) is 2.27. The van der Waals surface area contributed by atoms with Gasteiger partial charge in [-0.3, -0.25) is 5.10 Å². The molecule has 0 spiro atoms. The number of anilines is 1. The number of phenolic OH excluding ortho intramolecular Hbond substituents is 1. The lowest BCUT2D eigenvalue weighted by Crippen LogP contribution is -2.13. The summed E-state index contributed by atoms with van der Waals surface area (Å²) in [6.07, 6.45) is 1.68. The normalized spacial score (nSPS) is 10.3. The van der Waals surface area contributed by atoms with Gasteiger partial charge in [-0.1, -0.05) is 12.1 Å². The lowest BCUT2D eigenvalue weighted by atomic mass is 10.1. The van der Waals surface area contributed by atoms with E-state index in [4.69, 9.17) is 5.73 Å². The zero-order chi connectivity index (χ0) is 11.4. The minimum Gasteiger partial charge on any atom is -0.507 e. The summed E-state index contributed by atoms with van der Waals surface area (Å²) in [4.78, 5) is 0. The molecule has 5 N–H and O–H groups in total. The predicted molar refractivity (Wildman–Crippen MR) is 63.2 cm³/mol. The largest absolute Gasteiger partial charge is 0.507 e. The lowest BCUT2D eigenvalue weighted by Gasteiger charge is -2.06. The zero-order valence-electron chi connectivity index (χ0n) is 8.77. The van der Waals surface area contributed by atoms with Crippen molar-refractivity contribution in [1.29, 1.82) is 0 Å². The number of para-hydroxylation sites is 1. The van der Waals surface area contributed by atoms with Crippen molar-refractivity contribution in [3.05, 3.63) is 30.5 Å². The molecule has 1 aromatic heterocycles. The molecule has 0 bridgehead atoms. The molecule has 2 aromatic rings. The molecular formula is C11H14N4O. The van der Waals surface area contributed by atoms with Crippen molar-refractivity contribution in [2.75, 3.05) is 18.4 Å². The first-order valence-corrected chi connectivity index (χ1v) is 5.08. The average molecular weight is 218 g/mol. The van der Waals surface area contributed by atoms with Crippen LogP contribution in [0, 0.1) is 0 Å². The van der Waals surface area contributed by atoms with Crippen molar-refractivity contribution in [3.8, 4) is 17.0 Å². The van der Waals surface area contributed by atoms with Crippen LogP contribution in [0.2, 0.25) is 0 Å². The van der Waals surface area contributed by atoms with E-state index in [2.05, 4.69) is 15.5 Å². The Balaban J connectivity index is 2.33. The van der Waals surface area contributed by atoms with E-state index in [-0.39, 0.29) is 5.75 Å². The molecule has 0 aliphatic rings. The summed E-state index contributed by atoms with van der Waals surface area (Å²) in [5.41, 5.74) is 7.75. The van der Waals surface area contributed by atoms with Gasteiger partial charge in [0.25, 0.3) is 0 Å². The Morgan fingerprint density at radius 1 is 1.38 bits per heavy atom. The molecule has 5 nitrogen and oxygen atoms in total. The zero-order valence-corrected chi connectivity index (χ0v) is 8.77. The molecule has 0 atom stereocenters. The molecule has 84 valence electrons. The minimum atomic E-state index is 0.225. The van der Waals surface area contributed by atoms with Gasteiger partial charge in [-0.05, 0) is 12.1 Å². The van der Waals surface area contributed by atoms with Crippen molar-refractivity contribution in [3.63, 3.8) is 0 Å². The van der Waals surface area contributed by atoms with E-state index in [1.54, 1.807) is 18.3 Å². The van der Waals surface area contributed by atoms with Crippen LogP contribution >= 0.6 is 0 Å². The quantitative estimate of drug-likeness (QED) is 0.620. The summed E-state index contributed by atoms with van der Waals surface area (Å²) in [5.74, 6) is 0.225. The fourth-order valence-corrected chi connectivity index (χ4v) is 1.52. The maximum Gasteiger partial charge on any atom is 0.125 e. The molecule has 0 unspecified atom stereocenters. The van der Waals surface area contributed by atoms with Gasteiger partial charge >= 0.3 is 0 Å². The number of aromatic amines is 1. The Labute approximate surface area is 93.3 Å². The SMILES string of the molecule is NCCNc1cn[nH]c1-c1ccccc1O. The van der Waals surface area contributed by atoms with Crippen LogP contribution in [0.4, 0.5) is 5.69 Å². The number of nitrogens with two attached hydrogens (primary N) is 1. The highest BCUT2D eigenvalue weighted by Crippen LogP contribution is 2.31. The van der Waals surface area contributed by atoms with Crippen LogP contribution in [0.15, 0.2) is 30.5 Å². The first-order valence-electron chi connectivity index (χ1n) is 5.08. The number of H-pyrrole nitrogens is 1. The fourth-order valence-electron chi connectivity index (χ4n) is 1.52. The summed E-state index contributed by atoms with van der Waals surface area (Å²) in [6, 6.07) is 7.12. The molecule has 2 rings (SSSR count). The van der Waals surface area contributed by atoms with Crippen LogP contribution in [0.25, 0.3) is 11.3 Å². The number of hydrogen-bond donors (Lipinski definition) is 4. The van der Waals surface area contributed by atoms with E-state index in [9.17, 15) is 5.11 Å². The van der Waals surface area contributed by atoms with Crippen LogP contribution < -0.4 is 11.1 Å². The van der Waals surface area contributed by atoms with Crippen molar-refractivity contribution < 1.29 is 5.11 Å². The van der Waals surface area contributed by atoms with Crippen LogP contribution in [0.3, 0.4) is 0 Å². The molecule has 1 aromatic carbocycles. The molecule has 16 heavy (non-hydrogen) atoms. The first kappa shape index (κ1) is 10.5. The van der Waals surface area contributed by atoms with Crippen LogP contribution in [0.5, 0.6) is 5.75 Å². The van der Waals surface area contributed by atoms with Gasteiger partial charge in [0.15, 0.2) is 0 Å². The summed E-state index contributed by atoms with van der Waals surface area (Å²) in [5, 5.41) is 19.7. The summed E-state index contributed by atoms with van der Waals surface area (Å²) in [6.45, 7) is 1.21. The van der Waals surface area contributed by atoms with Gasteiger partial charge in [0, 0.05) is 18.7 Å². The second-order valence-electron chi connectivity index (χ2n) is 3.39. The number of nitrogens with one attached hydrogen (secondary N) is 2. The minimum absolute atomic E-state index is 0.225. The van der Waals surface area contributed by atoms with E-state index in [1.165, 1.54) is 0 Å². The van der Waals surface area contributed by atoms with E-state index in [1.807, 2.05) is 12.1 Å². The molecule has 0 aliphatic heterocycles. The second kappa shape index (κ2) is 4.67. The highest BCUT2D eigenvalue weighted by atomic mass is 16.3. The standard InChI is InChI=1S/C11H14N4O/c12-5-6-13-9-7-14-15-11(9)8-3-1-2-4-10(8)16/h1-4,7,13,16H,5-6,12H2,(H,14,15). The number of aromatic hydroxyl groups is 1. The van der Waals surface area contributed by atoms with Crippen molar-refractivity contribution in [2.45, 2.75) is 0 Å². The Morgan fingerprint density at radius 3 is 2.94 bits per heavy atom. The Bertz CT molecular complexity index is 467. The van der Waals surface area contributed by atoms with Gasteiger partial charge in [0.05, 0.1) is 17.6 Å². The van der Waals surface area contributed by atoms with E-state index in [0.717, 1.165) is 16.9 Å². The monoisotopic (exact) mass is 218 g/mol. The molecule has 0 fully saturated rings. The second-order valence-corrected chi connectivity index (χ2v) is 3.39. The number of aromatic nitrogens is 2. The highest BCUT2D eigenvalue weighted by Gasteiger charge is 2.10. The summed E-state index contributed by atoms with van der Waals surface area (Å²) >= 11 is 0. The molecule has 0 aliphatic carbocycles. The smallest absolute Gasteiger partial charge is 0.125 e. The maximum absolute atomic E-state index is 9.73. The molecule has 1 heterocycles. The van der Waals surface area contributed by atoms with E-state index < -0.39 is 0 Å². The average Bonchev–Trinajstić information content (AvgIpc) is 2.75. The van der Waals surface area contributed by atoms with Gasteiger partial charge in [0.1, 0.15) is 5.75 Å². The van der Waals surface area contributed by atoms with E-state index in [0.29, 0.717) is 13.1 Å². The first-order chi connectivity index (χ1) is 7.83. The number of phenols is 1. The number of nitrogens with zero attached hydrogens (tertiary/aromatic N) is 1. The van der Waals surface area contributed by atoms with Crippen molar-refractivity contribution in [1.82, 2.24) is 10.2 Å². The van der Waals surface area contributed by atoms with Crippen LogP contribution in [0.1, 0.15) is 0 Å².